The Morgan fingerprint density at radius 2 is 0.818 bits per heavy atom. The molecule has 2 aromatic carbocycles. The smallest absolute Gasteiger partial charge is 0.170 e. The van der Waals surface area contributed by atoms with Crippen molar-refractivity contribution in [3.63, 3.8) is 0 Å². The van der Waals surface area contributed by atoms with Crippen molar-refractivity contribution < 1.29 is 39.9 Å². The number of hydrogen-bond acceptors (Lipinski definition) is 1. The van der Waals surface area contributed by atoms with Gasteiger partial charge < -0.3 is 4.74 Å². The highest BCUT2D eigenvalue weighted by Gasteiger charge is 2.42. The summed E-state index contributed by atoms with van der Waals surface area (Å²) in [6.07, 6.45) is -0.0223. The first-order valence-electron chi connectivity index (χ1n) is 10.6. The van der Waals surface area contributed by atoms with Gasteiger partial charge in [0.15, 0.2) is 46.5 Å². The third-order valence-electron chi connectivity index (χ3n) is 6.93. The van der Waals surface area contributed by atoms with E-state index in [1.165, 1.54) is 20.8 Å². The molecule has 184 valence electrons. The van der Waals surface area contributed by atoms with Gasteiger partial charge in [-0.25, -0.2) is 35.1 Å². The molecular formula is C24H26F8O. The predicted molar refractivity (Wildman–Crippen MR) is 109 cm³/mol. The van der Waals surface area contributed by atoms with Crippen molar-refractivity contribution >= 4 is 0 Å². The zero-order valence-electron chi connectivity index (χ0n) is 19.3. The zero-order valence-corrected chi connectivity index (χ0v) is 19.3. The van der Waals surface area contributed by atoms with Crippen molar-refractivity contribution in [2.75, 3.05) is 7.11 Å². The number of halogens is 8. The van der Waals surface area contributed by atoms with Crippen LogP contribution in [-0.4, -0.2) is 7.11 Å². The Hall–Kier alpha value is -2.16. The molecule has 0 aliphatic rings. The molecule has 1 nitrogen and oxygen atoms in total. The molecule has 0 bridgehead atoms. The van der Waals surface area contributed by atoms with Crippen molar-refractivity contribution in [3.05, 3.63) is 57.7 Å². The van der Waals surface area contributed by atoms with E-state index >= 15 is 8.78 Å². The molecule has 0 aliphatic heterocycles. The van der Waals surface area contributed by atoms with Gasteiger partial charge in [0.2, 0.25) is 0 Å². The van der Waals surface area contributed by atoms with Crippen LogP contribution in [-0.2, 0) is 15.8 Å². The van der Waals surface area contributed by atoms with E-state index in [0.29, 0.717) is 0 Å². The summed E-state index contributed by atoms with van der Waals surface area (Å²) < 4.78 is 125. The molecule has 0 aromatic heterocycles. The number of rotatable bonds is 8. The normalized spacial score (nSPS) is 12.5. The van der Waals surface area contributed by atoms with Gasteiger partial charge in [-0.05, 0) is 31.1 Å². The number of methoxy groups -OCH3 is 1. The Labute approximate surface area is 187 Å². The van der Waals surface area contributed by atoms with Crippen molar-refractivity contribution in [3.8, 4) is 11.1 Å². The maximum absolute atomic E-state index is 15.0. The van der Waals surface area contributed by atoms with Crippen molar-refractivity contribution in [1.82, 2.24) is 0 Å². The zero-order chi connectivity index (χ0) is 25.5. The molecule has 0 N–H and O–H groups in total. The lowest BCUT2D eigenvalue weighted by Crippen LogP contribution is -2.31. The second-order valence-corrected chi connectivity index (χ2v) is 8.19. The predicted octanol–water partition coefficient (Wildman–Crippen LogP) is 8.21. The van der Waals surface area contributed by atoms with Gasteiger partial charge in [0.05, 0.1) is 22.3 Å². The first-order valence-corrected chi connectivity index (χ1v) is 10.6. The van der Waals surface area contributed by atoms with E-state index in [9.17, 15) is 26.3 Å². The lowest BCUT2D eigenvalue weighted by Gasteiger charge is -2.32. The third-order valence-corrected chi connectivity index (χ3v) is 6.93. The van der Waals surface area contributed by atoms with Gasteiger partial charge >= 0.3 is 0 Å². The minimum atomic E-state index is -2.19. The summed E-state index contributed by atoms with van der Waals surface area (Å²) in [5, 5.41) is 0. The summed E-state index contributed by atoms with van der Waals surface area (Å²) >= 11 is 0. The molecular weight excluding hydrogens is 456 g/mol. The molecule has 9 heteroatoms. The van der Waals surface area contributed by atoms with E-state index in [2.05, 4.69) is 0 Å². The van der Waals surface area contributed by atoms with Gasteiger partial charge in [0, 0.05) is 12.7 Å². The van der Waals surface area contributed by atoms with E-state index in [1.54, 1.807) is 13.8 Å². The number of benzene rings is 2. The maximum atomic E-state index is 15.0. The average Bonchev–Trinajstić information content (AvgIpc) is 2.81. The molecule has 0 aliphatic carbocycles. The second kappa shape index (κ2) is 9.60. The van der Waals surface area contributed by atoms with Crippen LogP contribution in [0.1, 0.15) is 71.4 Å². The van der Waals surface area contributed by atoms with Crippen LogP contribution in [0.3, 0.4) is 0 Å². The summed E-state index contributed by atoms with van der Waals surface area (Å²) in [6.45, 7) is 7.35. The molecule has 33 heavy (non-hydrogen) atoms. The highest BCUT2D eigenvalue weighted by molar-refractivity contribution is 5.69. The van der Waals surface area contributed by atoms with E-state index < -0.39 is 79.8 Å². The van der Waals surface area contributed by atoms with Crippen LogP contribution in [0.15, 0.2) is 0 Å². The van der Waals surface area contributed by atoms with E-state index in [1.807, 2.05) is 0 Å². The van der Waals surface area contributed by atoms with Crippen molar-refractivity contribution in [1.29, 1.82) is 0 Å². The molecule has 0 heterocycles. The molecule has 0 amide bonds. The Kier molecular flexibility index (Phi) is 7.88. The van der Waals surface area contributed by atoms with Crippen LogP contribution in [0.2, 0.25) is 0 Å². The topological polar surface area (TPSA) is 9.23 Å². The van der Waals surface area contributed by atoms with Crippen LogP contribution in [0.25, 0.3) is 11.1 Å². The molecule has 2 aromatic rings. The number of ether oxygens (including phenoxy) is 1. The van der Waals surface area contributed by atoms with Crippen LogP contribution in [0.4, 0.5) is 35.1 Å². The highest BCUT2D eigenvalue weighted by Crippen LogP contribution is 2.45. The molecule has 0 saturated heterocycles. The minimum absolute atomic E-state index is 0.0867. The molecule has 0 radical (unpaired) electrons. The molecule has 0 fully saturated rings. The Bertz CT molecular complexity index is 989. The molecule has 0 atom stereocenters. The highest BCUT2D eigenvalue weighted by atomic mass is 19.2. The Morgan fingerprint density at radius 3 is 1.06 bits per heavy atom. The average molecular weight is 482 g/mol. The van der Waals surface area contributed by atoms with Gasteiger partial charge in [-0.2, -0.15) is 0 Å². The van der Waals surface area contributed by atoms with Gasteiger partial charge in [-0.1, -0.05) is 34.6 Å². The van der Waals surface area contributed by atoms with Crippen LogP contribution < -0.4 is 0 Å². The molecule has 0 spiro atoms. The minimum Gasteiger partial charge on any atom is -0.373 e. The van der Waals surface area contributed by atoms with E-state index in [0.717, 1.165) is 7.11 Å². The first-order chi connectivity index (χ1) is 15.3. The van der Waals surface area contributed by atoms with Gasteiger partial charge in [-0.3, -0.25) is 0 Å². The van der Waals surface area contributed by atoms with E-state index in [-0.39, 0.29) is 25.7 Å². The molecule has 0 saturated carbocycles. The summed E-state index contributed by atoms with van der Waals surface area (Å²) in [6, 6.07) is 0. The fraction of sp³-hybridized carbons (Fsp3) is 0.500. The lowest BCUT2D eigenvalue weighted by atomic mass is 9.76. The summed E-state index contributed by atoms with van der Waals surface area (Å²) in [5.41, 5.74) is -8.92. The summed E-state index contributed by atoms with van der Waals surface area (Å²) in [5.74, 6) is -16.4. The SMILES string of the molecule is CCC(C)(CC)c1c(F)c(F)c(-c2c(F)c(F)c(C(CC)(CC)OC)c(F)c2F)c(F)c1F. The standard InChI is InChI=1S/C24H26F8O/c1-7-23(5,8-2)13-19(29)15(25)11(16(26)20(13)30)12-17(27)21(31)14(22(32)18(12)28)24(9-3,10-4)33-6/h7-10H2,1-6H3. The fourth-order valence-corrected chi connectivity index (χ4v) is 4.23. The van der Waals surface area contributed by atoms with Gasteiger partial charge in [0.1, 0.15) is 0 Å². The lowest BCUT2D eigenvalue weighted by molar-refractivity contribution is -0.0283. The quantitative estimate of drug-likeness (QED) is 0.272. The Morgan fingerprint density at radius 1 is 0.515 bits per heavy atom. The van der Waals surface area contributed by atoms with Crippen molar-refractivity contribution in [2.24, 2.45) is 0 Å². The van der Waals surface area contributed by atoms with Crippen LogP contribution in [0, 0.1) is 46.5 Å². The number of hydrogen-bond donors (Lipinski definition) is 0. The van der Waals surface area contributed by atoms with Gasteiger partial charge in [-0.15, -0.1) is 0 Å². The first kappa shape index (κ1) is 27.1. The summed E-state index contributed by atoms with van der Waals surface area (Å²) in [7, 11) is 1.08. The Balaban J connectivity index is 3.02. The largest absolute Gasteiger partial charge is 0.373 e. The second-order valence-electron chi connectivity index (χ2n) is 8.19. The maximum Gasteiger partial charge on any atom is 0.170 e. The monoisotopic (exact) mass is 482 g/mol. The fourth-order valence-electron chi connectivity index (χ4n) is 4.23. The van der Waals surface area contributed by atoms with Gasteiger partial charge in [0.25, 0.3) is 0 Å². The van der Waals surface area contributed by atoms with E-state index in [4.69, 9.17) is 4.74 Å². The van der Waals surface area contributed by atoms with Crippen molar-refractivity contribution in [2.45, 2.75) is 71.3 Å². The molecule has 0 unspecified atom stereocenters. The molecule has 2 rings (SSSR count). The van der Waals surface area contributed by atoms with Crippen LogP contribution in [0.5, 0.6) is 0 Å². The third kappa shape index (κ3) is 3.92. The van der Waals surface area contributed by atoms with Crippen LogP contribution >= 0.6 is 0 Å². The summed E-state index contributed by atoms with van der Waals surface area (Å²) in [4.78, 5) is 0.